The molecule has 32 heavy (non-hydrogen) atoms. The van der Waals surface area contributed by atoms with Crippen molar-refractivity contribution in [2.45, 2.75) is 13.0 Å². The summed E-state index contributed by atoms with van der Waals surface area (Å²) in [7, 11) is 1.60. The van der Waals surface area contributed by atoms with Gasteiger partial charge in [-0.25, -0.2) is 9.07 Å². The molecule has 1 aromatic heterocycles. The van der Waals surface area contributed by atoms with Crippen molar-refractivity contribution in [3.8, 4) is 17.0 Å². The Morgan fingerprint density at radius 2 is 1.62 bits per heavy atom. The maximum absolute atomic E-state index is 13.2. The Balaban J connectivity index is 1.46. The van der Waals surface area contributed by atoms with Crippen molar-refractivity contribution in [2.24, 2.45) is 0 Å². The SMILES string of the molecule is COc1ccc(-c2ccc(=O)n(C(C)C(=O)N3CCN(c4ccc(F)cc4)CC3)n2)cc1. The van der Waals surface area contributed by atoms with Gasteiger partial charge in [-0.2, -0.15) is 5.10 Å². The van der Waals surface area contributed by atoms with E-state index in [2.05, 4.69) is 10.00 Å². The fraction of sp³-hybridized carbons (Fsp3) is 0.292. The number of carbonyl (C=O) groups excluding carboxylic acids is 1. The molecule has 7 nitrogen and oxygen atoms in total. The van der Waals surface area contributed by atoms with Gasteiger partial charge in [-0.3, -0.25) is 9.59 Å². The number of halogens is 1. The van der Waals surface area contributed by atoms with Gasteiger partial charge >= 0.3 is 0 Å². The predicted molar refractivity (Wildman–Crippen MR) is 120 cm³/mol. The molecule has 0 spiro atoms. The lowest BCUT2D eigenvalue weighted by Gasteiger charge is -2.37. The molecule has 2 aromatic carbocycles. The zero-order valence-electron chi connectivity index (χ0n) is 18.1. The molecule has 2 heterocycles. The number of carbonyl (C=O) groups is 1. The molecule has 1 fully saturated rings. The fourth-order valence-electron chi connectivity index (χ4n) is 3.82. The fourth-order valence-corrected chi connectivity index (χ4v) is 3.82. The number of rotatable bonds is 5. The van der Waals surface area contributed by atoms with Crippen LogP contribution in [0, 0.1) is 5.82 Å². The summed E-state index contributed by atoms with van der Waals surface area (Å²) in [4.78, 5) is 29.4. The van der Waals surface area contributed by atoms with Crippen LogP contribution in [0.25, 0.3) is 11.3 Å². The molecule has 0 aliphatic carbocycles. The Morgan fingerprint density at radius 3 is 2.25 bits per heavy atom. The minimum atomic E-state index is -0.724. The van der Waals surface area contributed by atoms with Gasteiger partial charge in [0.25, 0.3) is 5.56 Å². The number of amides is 1. The highest BCUT2D eigenvalue weighted by Crippen LogP contribution is 2.21. The number of hydrogen-bond donors (Lipinski definition) is 0. The van der Waals surface area contributed by atoms with E-state index in [4.69, 9.17) is 4.74 Å². The topological polar surface area (TPSA) is 67.7 Å². The summed E-state index contributed by atoms with van der Waals surface area (Å²) < 4.78 is 19.6. The summed E-state index contributed by atoms with van der Waals surface area (Å²) in [6.45, 7) is 4.01. The van der Waals surface area contributed by atoms with E-state index in [-0.39, 0.29) is 17.3 Å². The molecular formula is C24H25FN4O3. The lowest BCUT2D eigenvalue weighted by atomic mass is 10.1. The number of nitrogens with zero attached hydrogens (tertiary/aromatic N) is 4. The Labute approximate surface area is 185 Å². The number of aromatic nitrogens is 2. The van der Waals surface area contributed by atoms with Crippen molar-refractivity contribution in [1.82, 2.24) is 14.7 Å². The number of piperazine rings is 1. The molecule has 1 unspecified atom stereocenters. The largest absolute Gasteiger partial charge is 0.497 e. The summed E-state index contributed by atoms with van der Waals surface area (Å²) in [5, 5.41) is 4.45. The van der Waals surface area contributed by atoms with Crippen LogP contribution in [-0.2, 0) is 4.79 Å². The minimum Gasteiger partial charge on any atom is -0.497 e. The van der Waals surface area contributed by atoms with E-state index in [0.717, 1.165) is 17.0 Å². The second-order valence-electron chi connectivity index (χ2n) is 7.69. The average Bonchev–Trinajstić information content (AvgIpc) is 2.84. The maximum atomic E-state index is 13.2. The zero-order valence-corrected chi connectivity index (χ0v) is 18.1. The van der Waals surface area contributed by atoms with Crippen LogP contribution in [0.1, 0.15) is 13.0 Å². The number of methoxy groups -OCH3 is 1. The zero-order chi connectivity index (χ0) is 22.7. The lowest BCUT2D eigenvalue weighted by molar-refractivity contribution is -0.135. The van der Waals surface area contributed by atoms with Crippen molar-refractivity contribution in [3.63, 3.8) is 0 Å². The van der Waals surface area contributed by atoms with Gasteiger partial charge in [0.15, 0.2) is 0 Å². The third-order valence-electron chi connectivity index (χ3n) is 5.72. The molecular weight excluding hydrogens is 411 g/mol. The van der Waals surface area contributed by atoms with Gasteiger partial charge in [-0.05, 0) is 61.5 Å². The van der Waals surface area contributed by atoms with E-state index >= 15 is 0 Å². The highest BCUT2D eigenvalue weighted by molar-refractivity contribution is 5.80. The van der Waals surface area contributed by atoms with Gasteiger partial charge in [0.1, 0.15) is 17.6 Å². The minimum absolute atomic E-state index is 0.148. The molecule has 0 N–H and O–H groups in total. The average molecular weight is 436 g/mol. The van der Waals surface area contributed by atoms with Crippen molar-refractivity contribution < 1.29 is 13.9 Å². The lowest BCUT2D eigenvalue weighted by Crippen LogP contribution is -2.51. The van der Waals surface area contributed by atoms with Gasteiger partial charge < -0.3 is 14.5 Å². The van der Waals surface area contributed by atoms with E-state index in [1.54, 1.807) is 37.1 Å². The Morgan fingerprint density at radius 1 is 0.969 bits per heavy atom. The molecule has 1 amide bonds. The second-order valence-corrected chi connectivity index (χ2v) is 7.69. The highest BCUT2D eigenvalue weighted by atomic mass is 19.1. The van der Waals surface area contributed by atoms with Crippen molar-refractivity contribution in [2.75, 3.05) is 38.2 Å². The molecule has 3 aromatic rings. The summed E-state index contributed by atoms with van der Waals surface area (Å²) in [5.74, 6) is 0.307. The third-order valence-corrected chi connectivity index (χ3v) is 5.72. The molecule has 0 bridgehead atoms. The predicted octanol–water partition coefficient (Wildman–Crippen LogP) is 2.97. The molecule has 1 saturated heterocycles. The number of ether oxygens (including phenoxy) is 1. The monoisotopic (exact) mass is 436 g/mol. The number of benzene rings is 2. The van der Waals surface area contributed by atoms with Crippen LogP contribution in [-0.4, -0.2) is 53.9 Å². The highest BCUT2D eigenvalue weighted by Gasteiger charge is 2.27. The first-order valence-corrected chi connectivity index (χ1v) is 10.5. The van der Waals surface area contributed by atoms with Crippen molar-refractivity contribution in [1.29, 1.82) is 0 Å². The summed E-state index contributed by atoms with van der Waals surface area (Å²) in [6, 6.07) is 16.1. The van der Waals surface area contributed by atoms with Gasteiger partial charge in [-0.1, -0.05) is 0 Å². The molecule has 8 heteroatoms. The van der Waals surface area contributed by atoms with Crippen LogP contribution in [0.3, 0.4) is 0 Å². The second kappa shape index (κ2) is 9.21. The normalized spacial score (nSPS) is 14.8. The van der Waals surface area contributed by atoms with E-state index < -0.39 is 6.04 Å². The smallest absolute Gasteiger partial charge is 0.267 e. The van der Waals surface area contributed by atoms with E-state index in [0.29, 0.717) is 31.9 Å². The van der Waals surface area contributed by atoms with Crippen LogP contribution in [0.2, 0.25) is 0 Å². The summed E-state index contributed by atoms with van der Waals surface area (Å²) in [5.41, 5.74) is 2.03. The van der Waals surface area contributed by atoms with Crippen LogP contribution < -0.4 is 15.2 Å². The molecule has 4 rings (SSSR count). The molecule has 0 saturated carbocycles. The van der Waals surface area contributed by atoms with Crippen LogP contribution in [0.15, 0.2) is 65.5 Å². The first-order valence-electron chi connectivity index (χ1n) is 10.5. The quantitative estimate of drug-likeness (QED) is 0.615. The molecule has 1 aliphatic heterocycles. The number of anilines is 1. The third kappa shape index (κ3) is 4.49. The van der Waals surface area contributed by atoms with E-state index in [1.165, 1.54) is 22.9 Å². The first kappa shape index (κ1) is 21.5. The van der Waals surface area contributed by atoms with Crippen LogP contribution in [0.4, 0.5) is 10.1 Å². The van der Waals surface area contributed by atoms with Gasteiger partial charge in [0.2, 0.25) is 5.91 Å². The molecule has 1 atom stereocenters. The Bertz CT molecular complexity index is 1140. The first-order chi connectivity index (χ1) is 15.5. The molecule has 0 radical (unpaired) electrons. The van der Waals surface area contributed by atoms with Crippen molar-refractivity contribution >= 4 is 11.6 Å². The molecule has 1 aliphatic rings. The number of hydrogen-bond acceptors (Lipinski definition) is 5. The molecule has 166 valence electrons. The van der Waals surface area contributed by atoms with Crippen LogP contribution >= 0.6 is 0 Å². The standard InChI is InChI=1S/C24H25FN4O3/c1-17(24(31)28-15-13-27(14-16-28)20-7-5-19(25)6-8-20)29-23(30)12-11-22(26-29)18-3-9-21(32-2)10-4-18/h3-12,17H,13-16H2,1-2H3. The van der Waals surface area contributed by atoms with Crippen molar-refractivity contribution in [3.05, 3.63) is 76.8 Å². The Hall–Kier alpha value is -3.68. The van der Waals surface area contributed by atoms with Gasteiger partial charge in [-0.15, -0.1) is 0 Å². The van der Waals surface area contributed by atoms with Gasteiger partial charge in [0, 0.05) is 43.5 Å². The van der Waals surface area contributed by atoms with E-state index in [9.17, 15) is 14.0 Å². The summed E-state index contributed by atoms with van der Waals surface area (Å²) >= 11 is 0. The van der Waals surface area contributed by atoms with Gasteiger partial charge in [0.05, 0.1) is 12.8 Å². The Kier molecular flexibility index (Phi) is 6.20. The van der Waals surface area contributed by atoms with E-state index in [1.807, 2.05) is 24.3 Å². The van der Waals surface area contributed by atoms with Crippen LogP contribution in [0.5, 0.6) is 5.75 Å². The summed E-state index contributed by atoms with van der Waals surface area (Å²) in [6.07, 6.45) is 0. The maximum Gasteiger partial charge on any atom is 0.267 e.